The van der Waals surface area contributed by atoms with E-state index in [-0.39, 0.29) is 41.8 Å². The fraction of sp³-hybridized carbons (Fsp3) is 0.278. The predicted octanol–water partition coefficient (Wildman–Crippen LogP) is 3.03. The number of sulfonamides is 1. The highest BCUT2D eigenvalue weighted by Gasteiger charge is 2.30. The Morgan fingerprint density at radius 2 is 1.75 bits per heavy atom. The van der Waals surface area contributed by atoms with Crippen LogP contribution in [-0.2, 0) is 10.0 Å². The van der Waals surface area contributed by atoms with Gasteiger partial charge in [-0.15, -0.1) is 0 Å². The van der Waals surface area contributed by atoms with Gasteiger partial charge in [0.05, 0.1) is 17.7 Å². The first-order valence-electron chi connectivity index (χ1n) is 8.46. The molecule has 0 aromatic heterocycles. The molecule has 1 saturated heterocycles. The average molecular weight is 428 g/mol. The van der Waals surface area contributed by atoms with E-state index in [1.165, 1.54) is 40.6 Å². The molecule has 1 aliphatic heterocycles. The SMILES string of the molecule is COc1ccc(S(=O)(=O)N2CCN(C(=O)Nc3ccc(Cl)cc3F)CC2)cc1. The zero-order valence-electron chi connectivity index (χ0n) is 15.1. The molecular weight excluding hydrogens is 409 g/mol. The first-order valence-corrected chi connectivity index (χ1v) is 10.3. The number of amides is 2. The Bertz CT molecular complexity index is 961. The number of benzene rings is 2. The summed E-state index contributed by atoms with van der Waals surface area (Å²) in [6, 6.07) is 9.58. The number of nitrogens with one attached hydrogen (secondary N) is 1. The Morgan fingerprint density at radius 1 is 1.11 bits per heavy atom. The monoisotopic (exact) mass is 427 g/mol. The molecular formula is C18H19ClFN3O4S. The number of nitrogens with zero attached hydrogens (tertiary/aromatic N) is 2. The number of methoxy groups -OCH3 is 1. The molecule has 150 valence electrons. The molecule has 0 atom stereocenters. The molecule has 2 amide bonds. The fourth-order valence-corrected chi connectivity index (χ4v) is 4.39. The molecule has 0 bridgehead atoms. The van der Waals surface area contributed by atoms with Crippen LogP contribution >= 0.6 is 11.6 Å². The standard InChI is InChI=1S/C18H19ClFN3O4S/c1-27-14-3-5-15(6-4-14)28(25,26)23-10-8-22(9-11-23)18(24)21-17-7-2-13(19)12-16(17)20/h2-7,12H,8-11H2,1H3,(H,21,24). The molecule has 2 aromatic carbocycles. The van der Waals surface area contributed by atoms with Crippen LogP contribution in [-0.4, -0.2) is 56.9 Å². The molecule has 0 spiro atoms. The number of halogens is 2. The first-order chi connectivity index (χ1) is 13.3. The average Bonchev–Trinajstić information content (AvgIpc) is 2.70. The number of hydrogen-bond acceptors (Lipinski definition) is 4. The van der Waals surface area contributed by atoms with E-state index in [1.54, 1.807) is 12.1 Å². The van der Waals surface area contributed by atoms with E-state index in [0.717, 1.165) is 6.07 Å². The zero-order valence-corrected chi connectivity index (χ0v) is 16.6. The van der Waals surface area contributed by atoms with Gasteiger partial charge in [0.25, 0.3) is 0 Å². The van der Waals surface area contributed by atoms with Crippen LogP contribution in [0.5, 0.6) is 5.75 Å². The summed E-state index contributed by atoms with van der Waals surface area (Å²) < 4.78 is 45.7. The van der Waals surface area contributed by atoms with Crippen LogP contribution in [0.25, 0.3) is 0 Å². The Balaban J connectivity index is 1.62. The largest absolute Gasteiger partial charge is 0.497 e. The second kappa shape index (κ2) is 8.34. The maximum atomic E-state index is 13.8. The van der Waals surface area contributed by atoms with Gasteiger partial charge in [-0.2, -0.15) is 4.31 Å². The number of carbonyl (C=O) groups is 1. The van der Waals surface area contributed by atoms with Crippen LogP contribution in [0.4, 0.5) is 14.9 Å². The van der Waals surface area contributed by atoms with Crippen molar-refractivity contribution in [3.05, 3.63) is 53.3 Å². The normalized spacial score (nSPS) is 15.3. The lowest BCUT2D eigenvalue weighted by atomic mass is 10.3. The molecule has 1 heterocycles. The lowest BCUT2D eigenvalue weighted by Crippen LogP contribution is -2.51. The van der Waals surface area contributed by atoms with Gasteiger partial charge in [-0.3, -0.25) is 0 Å². The van der Waals surface area contributed by atoms with Crippen molar-refractivity contribution in [2.24, 2.45) is 0 Å². The van der Waals surface area contributed by atoms with Crippen molar-refractivity contribution >= 4 is 33.3 Å². The predicted molar refractivity (Wildman–Crippen MR) is 104 cm³/mol. The van der Waals surface area contributed by atoms with Gasteiger partial charge in [0.2, 0.25) is 10.0 Å². The Labute approximate surface area is 167 Å². The van der Waals surface area contributed by atoms with Crippen molar-refractivity contribution in [1.82, 2.24) is 9.21 Å². The van der Waals surface area contributed by atoms with Gasteiger partial charge in [-0.05, 0) is 42.5 Å². The Kier molecular flexibility index (Phi) is 6.07. The van der Waals surface area contributed by atoms with Crippen molar-refractivity contribution in [2.75, 3.05) is 38.6 Å². The molecule has 0 unspecified atom stereocenters. The molecule has 1 fully saturated rings. The van der Waals surface area contributed by atoms with Crippen LogP contribution in [0, 0.1) is 5.82 Å². The van der Waals surface area contributed by atoms with E-state index in [0.29, 0.717) is 5.75 Å². The minimum Gasteiger partial charge on any atom is -0.497 e. The molecule has 0 saturated carbocycles. The number of rotatable bonds is 4. The van der Waals surface area contributed by atoms with Crippen molar-refractivity contribution < 1.29 is 22.3 Å². The molecule has 2 aromatic rings. The second-order valence-electron chi connectivity index (χ2n) is 6.12. The number of hydrogen-bond donors (Lipinski definition) is 1. The maximum absolute atomic E-state index is 13.8. The van der Waals surface area contributed by atoms with Gasteiger partial charge in [0, 0.05) is 31.2 Å². The second-order valence-corrected chi connectivity index (χ2v) is 8.50. The minimum atomic E-state index is -3.66. The summed E-state index contributed by atoms with van der Waals surface area (Å²) in [5.41, 5.74) is 0.0164. The van der Waals surface area contributed by atoms with Crippen LogP contribution in [0.1, 0.15) is 0 Å². The summed E-state index contributed by atoms with van der Waals surface area (Å²) in [5, 5.41) is 2.71. The topological polar surface area (TPSA) is 79.0 Å². The number of carbonyl (C=O) groups excluding carboxylic acids is 1. The van der Waals surface area contributed by atoms with Gasteiger partial charge >= 0.3 is 6.03 Å². The van der Waals surface area contributed by atoms with E-state index in [9.17, 15) is 17.6 Å². The summed E-state index contributed by atoms with van der Waals surface area (Å²) >= 11 is 5.70. The van der Waals surface area contributed by atoms with E-state index in [4.69, 9.17) is 16.3 Å². The first kappa shape index (κ1) is 20.4. The quantitative estimate of drug-likeness (QED) is 0.813. The van der Waals surface area contributed by atoms with Gasteiger partial charge in [-0.1, -0.05) is 11.6 Å². The zero-order chi connectivity index (χ0) is 20.3. The maximum Gasteiger partial charge on any atom is 0.322 e. The number of anilines is 1. The van der Waals surface area contributed by atoms with Crippen molar-refractivity contribution in [3.8, 4) is 5.75 Å². The van der Waals surface area contributed by atoms with E-state index < -0.39 is 21.9 Å². The third-order valence-electron chi connectivity index (χ3n) is 4.40. The highest BCUT2D eigenvalue weighted by atomic mass is 35.5. The summed E-state index contributed by atoms with van der Waals surface area (Å²) in [5.74, 6) is -0.0727. The van der Waals surface area contributed by atoms with Crippen LogP contribution in [0.3, 0.4) is 0 Å². The third kappa shape index (κ3) is 4.37. The smallest absolute Gasteiger partial charge is 0.322 e. The van der Waals surface area contributed by atoms with Crippen LogP contribution < -0.4 is 10.1 Å². The minimum absolute atomic E-state index is 0.0164. The molecule has 1 aliphatic rings. The Hall–Kier alpha value is -2.36. The lowest BCUT2D eigenvalue weighted by Gasteiger charge is -2.34. The van der Waals surface area contributed by atoms with E-state index >= 15 is 0 Å². The number of urea groups is 1. The van der Waals surface area contributed by atoms with Gasteiger partial charge in [0.1, 0.15) is 11.6 Å². The van der Waals surface area contributed by atoms with Crippen LogP contribution in [0.15, 0.2) is 47.4 Å². The number of ether oxygens (including phenoxy) is 1. The molecule has 7 nitrogen and oxygen atoms in total. The van der Waals surface area contributed by atoms with Crippen molar-refractivity contribution in [3.63, 3.8) is 0 Å². The summed E-state index contributed by atoms with van der Waals surface area (Å²) in [4.78, 5) is 13.9. The molecule has 0 radical (unpaired) electrons. The van der Waals surface area contributed by atoms with Gasteiger partial charge < -0.3 is 15.0 Å². The van der Waals surface area contributed by atoms with Crippen molar-refractivity contribution in [2.45, 2.75) is 4.90 Å². The van der Waals surface area contributed by atoms with E-state index in [2.05, 4.69) is 5.32 Å². The van der Waals surface area contributed by atoms with Gasteiger partial charge in [-0.25, -0.2) is 17.6 Å². The van der Waals surface area contributed by atoms with Gasteiger partial charge in [0.15, 0.2) is 0 Å². The highest BCUT2D eigenvalue weighted by molar-refractivity contribution is 7.89. The van der Waals surface area contributed by atoms with E-state index in [1.807, 2.05) is 0 Å². The van der Waals surface area contributed by atoms with Crippen molar-refractivity contribution in [1.29, 1.82) is 0 Å². The number of piperazine rings is 1. The highest BCUT2D eigenvalue weighted by Crippen LogP contribution is 2.22. The molecule has 10 heteroatoms. The molecule has 3 rings (SSSR count). The molecule has 1 N–H and O–H groups in total. The summed E-state index contributed by atoms with van der Waals surface area (Å²) in [6.07, 6.45) is 0. The fourth-order valence-electron chi connectivity index (χ4n) is 2.81. The summed E-state index contributed by atoms with van der Waals surface area (Å²) in [6.45, 7) is 0.669. The molecule has 0 aliphatic carbocycles. The Morgan fingerprint density at radius 3 is 2.32 bits per heavy atom. The molecule has 28 heavy (non-hydrogen) atoms. The summed E-state index contributed by atoms with van der Waals surface area (Å²) in [7, 11) is -2.16. The third-order valence-corrected chi connectivity index (χ3v) is 6.54. The lowest BCUT2D eigenvalue weighted by molar-refractivity contribution is 0.184. The van der Waals surface area contributed by atoms with Crippen LogP contribution in [0.2, 0.25) is 5.02 Å².